The first-order valence-electron chi connectivity index (χ1n) is 8.32. The summed E-state index contributed by atoms with van der Waals surface area (Å²) in [6.45, 7) is 1.74. The Balaban J connectivity index is 1.91. The second-order valence-electron chi connectivity index (χ2n) is 6.91. The fraction of sp³-hybridized carbons (Fsp3) is 0.389. The molecule has 8 heteroatoms. The minimum absolute atomic E-state index is 0.223. The Morgan fingerprint density at radius 2 is 2.19 bits per heavy atom. The quantitative estimate of drug-likeness (QED) is 0.761. The normalized spacial score (nSPS) is 25.5. The zero-order valence-electron chi connectivity index (χ0n) is 14.3. The fourth-order valence-electron chi connectivity index (χ4n) is 3.32. The third kappa shape index (κ3) is 3.82. The molecule has 1 heterocycles. The van der Waals surface area contributed by atoms with E-state index in [9.17, 15) is 15.2 Å². The van der Waals surface area contributed by atoms with Gasteiger partial charge in [0, 0.05) is 16.9 Å². The van der Waals surface area contributed by atoms with Crippen molar-refractivity contribution < 1.29 is 9.90 Å². The van der Waals surface area contributed by atoms with Gasteiger partial charge in [0.1, 0.15) is 5.56 Å². The van der Waals surface area contributed by atoms with Crippen LogP contribution in [0.1, 0.15) is 42.6 Å². The molecular weight excluding hydrogens is 354 g/mol. The van der Waals surface area contributed by atoms with Crippen molar-refractivity contribution in [1.82, 2.24) is 9.78 Å². The Morgan fingerprint density at radius 3 is 2.81 bits per heavy atom. The van der Waals surface area contributed by atoms with Gasteiger partial charge < -0.3 is 16.2 Å². The highest BCUT2D eigenvalue weighted by Gasteiger charge is 2.38. The molecule has 7 nitrogen and oxygen atoms in total. The summed E-state index contributed by atoms with van der Waals surface area (Å²) in [5, 5.41) is 27.8. The Bertz CT molecular complexity index is 853. The summed E-state index contributed by atoms with van der Waals surface area (Å²) in [7, 11) is 0. The number of carbonyl (C=O) groups excluding carboxylic acids is 1. The first-order chi connectivity index (χ1) is 12.3. The number of anilines is 2. The highest BCUT2D eigenvalue weighted by Crippen LogP contribution is 2.39. The maximum Gasteiger partial charge on any atom is 0.254 e. The van der Waals surface area contributed by atoms with Crippen LogP contribution in [0.5, 0.6) is 0 Å². The smallest absolute Gasteiger partial charge is 0.254 e. The number of benzene rings is 1. The lowest BCUT2D eigenvalue weighted by Gasteiger charge is -2.36. The van der Waals surface area contributed by atoms with E-state index < -0.39 is 17.4 Å². The molecule has 4 N–H and O–H groups in total. The molecule has 0 saturated heterocycles. The summed E-state index contributed by atoms with van der Waals surface area (Å²) in [4.78, 5) is 11.8. The predicted molar refractivity (Wildman–Crippen MR) is 98.1 cm³/mol. The minimum atomic E-state index is -0.860. The van der Waals surface area contributed by atoms with E-state index in [-0.39, 0.29) is 11.6 Å². The van der Waals surface area contributed by atoms with Crippen molar-refractivity contribution in [2.75, 3.05) is 5.32 Å². The molecule has 1 fully saturated rings. The van der Waals surface area contributed by atoms with Gasteiger partial charge in [0.25, 0.3) is 5.91 Å². The summed E-state index contributed by atoms with van der Waals surface area (Å²) >= 11 is 5.88. The molecule has 3 rings (SSSR count). The molecule has 1 aromatic heterocycles. The molecule has 3 atom stereocenters. The number of hydrogen-bond acceptors (Lipinski definition) is 5. The standard InChI is InChI=1S/C18H20ClN5O2/c1-18(26)7-6-15(11(8-18)9-20)24-10-14(16(21)25)17(23-24)22-13-4-2-12(19)3-5-13/h2-5,10-11,15,26H,6-8H2,1H3,(H2,21,25)(H,22,23). The van der Waals surface area contributed by atoms with Gasteiger partial charge >= 0.3 is 0 Å². The van der Waals surface area contributed by atoms with Crippen molar-refractivity contribution in [2.45, 2.75) is 37.8 Å². The predicted octanol–water partition coefficient (Wildman–Crippen LogP) is 2.99. The zero-order valence-corrected chi connectivity index (χ0v) is 15.1. The van der Waals surface area contributed by atoms with Gasteiger partial charge in [0.15, 0.2) is 5.82 Å². The Hall–Kier alpha value is -2.56. The van der Waals surface area contributed by atoms with E-state index in [1.165, 1.54) is 0 Å². The third-order valence-electron chi connectivity index (χ3n) is 4.71. The molecule has 1 saturated carbocycles. The largest absolute Gasteiger partial charge is 0.390 e. The van der Waals surface area contributed by atoms with Gasteiger partial charge in [-0.1, -0.05) is 11.6 Å². The van der Waals surface area contributed by atoms with Crippen molar-refractivity contribution in [3.8, 4) is 6.07 Å². The molecule has 0 aliphatic heterocycles. The number of hydrogen-bond donors (Lipinski definition) is 3. The Morgan fingerprint density at radius 1 is 1.50 bits per heavy atom. The monoisotopic (exact) mass is 373 g/mol. The number of nitrogens with zero attached hydrogens (tertiary/aromatic N) is 3. The van der Waals surface area contributed by atoms with Gasteiger partial charge in [-0.2, -0.15) is 10.4 Å². The van der Waals surface area contributed by atoms with Crippen molar-refractivity contribution in [1.29, 1.82) is 5.26 Å². The van der Waals surface area contributed by atoms with Crippen LogP contribution in [0.4, 0.5) is 11.5 Å². The van der Waals surface area contributed by atoms with Crippen LogP contribution in [0, 0.1) is 17.2 Å². The Labute approximate surface area is 156 Å². The van der Waals surface area contributed by atoms with Crippen LogP contribution in [-0.2, 0) is 0 Å². The number of nitrogens with one attached hydrogen (secondary N) is 1. The average molecular weight is 374 g/mol. The lowest BCUT2D eigenvalue weighted by atomic mass is 9.77. The molecule has 1 aliphatic rings. The second-order valence-corrected chi connectivity index (χ2v) is 7.35. The second kappa shape index (κ2) is 6.98. The van der Waals surface area contributed by atoms with Crippen LogP contribution < -0.4 is 11.1 Å². The number of aromatic nitrogens is 2. The van der Waals surface area contributed by atoms with Crippen LogP contribution in [0.2, 0.25) is 5.02 Å². The van der Waals surface area contributed by atoms with Gasteiger partial charge in [0.05, 0.1) is 23.6 Å². The number of primary amides is 1. The highest BCUT2D eigenvalue weighted by atomic mass is 35.5. The SMILES string of the molecule is CC1(O)CCC(n2cc(C(N)=O)c(Nc3ccc(Cl)cc3)n2)C(C#N)C1. The van der Waals surface area contributed by atoms with Crippen LogP contribution in [0.25, 0.3) is 0 Å². The molecule has 1 aromatic carbocycles. The van der Waals surface area contributed by atoms with Crippen LogP contribution in [-0.4, -0.2) is 26.4 Å². The van der Waals surface area contributed by atoms with E-state index in [0.717, 1.165) is 0 Å². The number of rotatable bonds is 4. The third-order valence-corrected chi connectivity index (χ3v) is 4.96. The fourth-order valence-corrected chi connectivity index (χ4v) is 3.45. The van der Waals surface area contributed by atoms with E-state index in [4.69, 9.17) is 17.3 Å². The van der Waals surface area contributed by atoms with Gasteiger partial charge in [0.2, 0.25) is 0 Å². The van der Waals surface area contributed by atoms with Gasteiger partial charge in [-0.25, -0.2) is 0 Å². The van der Waals surface area contributed by atoms with Gasteiger partial charge in [-0.3, -0.25) is 9.48 Å². The average Bonchev–Trinajstić information content (AvgIpc) is 3.00. The first kappa shape index (κ1) is 18.2. The number of nitrogens with two attached hydrogens (primary N) is 1. The molecule has 0 spiro atoms. The Kier molecular flexibility index (Phi) is 4.90. The maximum absolute atomic E-state index is 11.8. The zero-order chi connectivity index (χ0) is 18.9. The summed E-state index contributed by atoms with van der Waals surface area (Å²) in [5.74, 6) is -0.680. The summed E-state index contributed by atoms with van der Waals surface area (Å²) in [6, 6.07) is 9.00. The molecule has 1 aliphatic carbocycles. The lowest BCUT2D eigenvalue weighted by molar-refractivity contribution is -0.00689. The summed E-state index contributed by atoms with van der Waals surface area (Å²) in [5.41, 5.74) is 5.58. The number of amides is 1. The van der Waals surface area contributed by atoms with Gasteiger partial charge in [-0.15, -0.1) is 0 Å². The molecule has 0 bridgehead atoms. The van der Waals surface area contributed by atoms with E-state index in [1.807, 2.05) is 0 Å². The van der Waals surface area contributed by atoms with Gasteiger partial charge in [-0.05, 0) is 50.5 Å². The lowest BCUT2D eigenvalue weighted by Crippen LogP contribution is -2.37. The maximum atomic E-state index is 11.8. The molecule has 3 unspecified atom stereocenters. The van der Waals surface area contributed by atoms with Crippen molar-refractivity contribution >= 4 is 29.0 Å². The van der Waals surface area contributed by atoms with Crippen LogP contribution in [0.15, 0.2) is 30.5 Å². The highest BCUT2D eigenvalue weighted by molar-refractivity contribution is 6.30. The van der Waals surface area contributed by atoms with Crippen molar-refractivity contribution in [3.63, 3.8) is 0 Å². The number of carbonyl (C=O) groups is 1. The molecule has 136 valence electrons. The van der Waals surface area contributed by atoms with Crippen LogP contribution in [0.3, 0.4) is 0 Å². The summed E-state index contributed by atoms with van der Waals surface area (Å²) in [6.07, 6.45) is 3.07. The molecule has 26 heavy (non-hydrogen) atoms. The van der Waals surface area contributed by atoms with Crippen molar-refractivity contribution in [3.05, 3.63) is 41.0 Å². The van der Waals surface area contributed by atoms with E-state index >= 15 is 0 Å². The number of halogens is 1. The van der Waals surface area contributed by atoms with Crippen LogP contribution >= 0.6 is 11.6 Å². The molecule has 1 amide bonds. The number of aliphatic hydroxyl groups is 1. The summed E-state index contributed by atoms with van der Waals surface area (Å²) < 4.78 is 1.61. The minimum Gasteiger partial charge on any atom is -0.390 e. The first-order valence-corrected chi connectivity index (χ1v) is 8.70. The topological polar surface area (TPSA) is 117 Å². The molecule has 0 radical (unpaired) electrons. The number of nitriles is 1. The van der Waals surface area contributed by atoms with E-state index in [2.05, 4.69) is 16.5 Å². The molecular formula is C18H20ClN5O2. The van der Waals surface area contributed by atoms with Crippen molar-refractivity contribution in [2.24, 2.45) is 11.7 Å². The van der Waals surface area contributed by atoms with E-state index in [1.54, 1.807) is 42.1 Å². The molecule has 2 aromatic rings. The van der Waals surface area contributed by atoms with E-state index in [0.29, 0.717) is 35.8 Å².